The van der Waals surface area contributed by atoms with Crippen LogP contribution in [0.4, 0.5) is 5.82 Å². The van der Waals surface area contributed by atoms with Crippen LogP contribution >= 0.6 is 23.2 Å². The van der Waals surface area contributed by atoms with Crippen molar-refractivity contribution in [2.75, 3.05) is 44.2 Å². The second-order valence-electron chi connectivity index (χ2n) is 6.30. The Hall–Kier alpha value is -1.93. The fourth-order valence-electron chi connectivity index (χ4n) is 3.33. The van der Waals surface area contributed by atoms with Crippen molar-refractivity contribution < 1.29 is 10.0 Å². The summed E-state index contributed by atoms with van der Waals surface area (Å²) in [4.78, 5) is 12.6. The van der Waals surface area contributed by atoms with E-state index in [1.807, 2.05) is 6.07 Å². The van der Waals surface area contributed by atoms with E-state index in [9.17, 15) is 0 Å². The summed E-state index contributed by atoms with van der Waals surface area (Å²) in [5, 5.41) is 15.5. The lowest BCUT2D eigenvalue weighted by atomic mass is 10.2. The van der Waals surface area contributed by atoms with Gasteiger partial charge in [0.15, 0.2) is 5.65 Å². The number of halogens is 2. The SMILES string of the molecule is OCC[NH+]1CCN(c2ncnc3c2cnn3-c2ccc(Cl)c(Cl)c2)CC1. The van der Waals surface area contributed by atoms with Crippen LogP contribution in [0.15, 0.2) is 30.7 Å². The molecular formula is C17H19Cl2N6O+. The van der Waals surface area contributed by atoms with Gasteiger partial charge in [-0.05, 0) is 18.2 Å². The monoisotopic (exact) mass is 393 g/mol. The third-order valence-corrected chi connectivity index (χ3v) is 5.47. The first-order valence-electron chi connectivity index (χ1n) is 8.51. The van der Waals surface area contributed by atoms with E-state index in [4.69, 9.17) is 28.3 Å². The maximum absolute atomic E-state index is 9.11. The summed E-state index contributed by atoms with van der Waals surface area (Å²) >= 11 is 12.1. The van der Waals surface area contributed by atoms with Gasteiger partial charge >= 0.3 is 0 Å². The van der Waals surface area contributed by atoms with Crippen molar-refractivity contribution in [2.45, 2.75) is 0 Å². The number of piperazine rings is 1. The molecule has 1 saturated heterocycles. The van der Waals surface area contributed by atoms with Crippen LogP contribution in [0.2, 0.25) is 10.0 Å². The summed E-state index contributed by atoms with van der Waals surface area (Å²) < 4.78 is 1.75. The first-order chi connectivity index (χ1) is 12.7. The van der Waals surface area contributed by atoms with E-state index in [1.165, 1.54) is 4.90 Å². The van der Waals surface area contributed by atoms with E-state index >= 15 is 0 Å². The number of anilines is 1. The average molecular weight is 394 g/mol. The lowest BCUT2D eigenvalue weighted by Crippen LogP contribution is -3.15. The van der Waals surface area contributed by atoms with Gasteiger partial charge in [0.05, 0.1) is 60.1 Å². The normalized spacial score (nSPS) is 15.7. The molecule has 2 aromatic heterocycles. The topological polar surface area (TPSA) is 71.5 Å². The van der Waals surface area contributed by atoms with Gasteiger partial charge in [0.25, 0.3) is 0 Å². The third-order valence-electron chi connectivity index (χ3n) is 4.73. The summed E-state index contributed by atoms with van der Waals surface area (Å²) in [5.41, 5.74) is 1.54. The largest absolute Gasteiger partial charge is 0.391 e. The van der Waals surface area contributed by atoms with Gasteiger partial charge in [-0.3, -0.25) is 0 Å². The number of aromatic nitrogens is 4. The number of rotatable bonds is 4. The molecular weight excluding hydrogens is 375 g/mol. The second kappa shape index (κ2) is 7.36. The van der Waals surface area contributed by atoms with E-state index < -0.39 is 0 Å². The Morgan fingerprint density at radius 2 is 1.92 bits per heavy atom. The maximum Gasteiger partial charge on any atom is 0.168 e. The molecule has 3 aromatic rings. The van der Waals surface area contributed by atoms with Crippen molar-refractivity contribution in [1.29, 1.82) is 0 Å². The lowest BCUT2D eigenvalue weighted by molar-refractivity contribution is -0.900. The summed E-state index contributed by atoms with van der Waals surface area (Å²) in [7, 11) is 0. The smallest absolute Gasteiger partial charge is 0.168 e. The predicted octanol–water partition coefficient (Wildman–Crippen LogP) is 0.820. The van der Waals surface area contributed by atoms with Gasteiger partial charge in [-0.1, -0.05) is 23.2 Å². The Labute approximate surface area is 160 Å². The molecule has 26 heavy (non-hydrogen) atoms. The standard InChI is InChI=1S/C17H18Cl2N6O/c18-14-2-1-12(9-15(14)19)25-17-13(10-22-25)16(20-11-21-17)24-5-3-23(4-6-24)7-8-26/h1-2,9-11,26H,3-8H2/p+1. The highest BCUT2D eigenvalue weighted by molar-refractivity contribution is 6.42. The predicted molar refractivity (Wildman–Crippen MR) is 102 cm³/mol. The highest BCUT2D eigenvalue weighted by atomic mass is 35.5. The number of hydrogen-bond donors (Lipinski definition) is 2. The first kappa shape index (κ1) is 17.5. The van der Waals surface area contributed by atoms with Crippen LogP contribution in [0.25, 0.3) is 16.7 Å². The van der Waals surface area contributed by atoms with Crippen LogP contribution in [-0.2, 0) is 0 Å². The van der Waals surface area contributed by atoms with E-state index in [1.54, 1.807) is 29.3 Å². The van der Waals surface area contributed by atoms with Crippen molar-refractivity contribution in [2.24, 2.45) is 0 Å². The minimum absolute atomic E-state index is 0.226. The minimum Gasteiger partial charge on any atom is -0.391 e. The van der Waals surface area contributed by atoms with Gasteiger partial charge in [0.1, 0.15) is 18.7 Å². The van der Waals surface area contributed by atoms with Gasteiger partial charge in [-0.2, -0.15) is 5.10 Å². The number of quaternary nitrogens is 1. The summed E-state index contributed by atoms with van der Waals surface area (Å²) in [5.74, 6) is 0.893. The quantitative estimate of drug-likeness (QED) is 0.686. The zero-order valence-electron chi connectivity index (χ0n) is 14.1. The van der Waals surface area contributed by atoms with Gasteiger partial charge in [-0.15, -0.1) is 0 Å². The molecule has 0 aliphatic carbocycles. The molecule has 0 radical (unpaired) electrons. The van der Waals surface area contributed by atoms with Crippen molar-refractivity contribution in [3.05, 3.63) is 40.8 Å². The molecule has 1 aliphatic rings. The highest BCUT2D eigenvalue weighted by Crippen LogP contribution is 2.28. The van der Waals surface area contributed by atoms with Crippen LogP contribution in [0.5, 0.6) is 0 Å². The molecule has 0 spiro atoms. The summed E-state index contributed by atoms with van der Waals surface area (Å²) in [6, 6.07) is 5.38. The number of nitrogens with one attached hydrogen (secondary N) is 1. The van der Waals surface area contributed by atoms with E-state index in [0.29, 0.717) is 10.0 Å². The first-order valence-corrected chi connectivity index (χ1v) is 9.26. The number of fused-ring (bicyclic) bond motifs is 1. The Morgan fingerprint density at radius 1 is 1.12 bits per heavy atom. The number of aliphatic hydroxyl groups excluding tert-OH is 1. The molecule has 0 saturated carbocycles. The number of benzene rings is 1. The van der Waals surface area contributed by atoms with E-state index in [0.717, 1.165) is 55.3 Å². The van der Waals surface area contributed by atoms with Gasteiger partial charge in [-0.25, -0.2) is 14.6 Å². The molecule has 1 fully saturated rings. The van der Waals surface area contributed by atoms with Crippen molar-refractivity contribution in [3.63, 3.8) is 0 Å². The van der Waals surface area contributed by atoms with Crippen LogP contribution in [-0.4, -0.2) is 64.2 Å². The molecule has 1 aromatic carbocycles. The third kappa shape index (κ3) is 3.23. The zero-order chi connectivity index (χ0) is 18.1. The Bertz CT molecular complexity index is 923. The molecule has 0 bridgehead atoms. The second-order valence-corrected chi connectivity index (χ2v) is 7.11. The van der Waals surface area contributed by atoms with E-state index in [2.05, 4.69) is 20.0 Å². The van der Waals surface area contributed by atoms with Crippen LogP contribution in [0.1, 0.15) is 0 Å². The molecule has 9 heteroatoms. The van der Waals surface area contributed by atoms with Crippen molar-refractivity contribution in [1.82, 2.24) is 19.7 Å². The molecule has 0 unspecified atom stereocenters. The average Bonchev–Trinajstić information content (AvgIpc) is 3.09. The molecule has 3 heterocycles. The fraction of sp³-hybridized carbons (Fsp3) is 0.353. The molecule has 7 nitrogen and oxygen atoms in total. The molecule has 4 rings (SSSR count). The highest BCUT2D eigenvalue weighted by Gasteiger charge is 2.23. The zero-order valence-corrected chi connectivity index (χ0v) is 15.6. The van der Waals surface area contributed by atoms with E-state index in [-0.39, 0.29) is 6.61 Å². The molecule has 0 atom stereocenters. The van der Waals surface area contributed by atoms with Gasteiger partial charge in [0.2, 0.25) is 0 Å². The van der Waals surface area contributed by atoms with Gasteiger partial charge < -0.3 is 14.9 Å². The number of nitrogens with zero attached hydrogens (tertiary/aromatic N) is 5. The summed E-state index contributed by atoms with van der Waals surface area (Å²) in [6.45, 7) is 4.75. The number of hydrogen-bond acceptors (Lipinski definition) is 5. The number of aliphatic hydroxyl groups is 1. The van der Waals surface area contributed by atoms with Crippen molar-refractivity contribution >= 4 is 40.1 Å². The van der Waals surface area contributed by atoms with Crippen LogP contribution < -0.4 is 9.80 Å². The Balaban J connectivity index is 1.66. The molecule has 0 amide bonds. The van der Waals surface area contributed by atoms with Gasteiger partial charge in [0, 0.05) is 0 Å². The molecule has 2 N–H and O–H groups in total. The lowest BCUT2D eigenvalue weighted by Gasteiger charge is -2.32. The Morgan fingerprint density at radius 3 is 2.65 bits per heavy atom. The van der Waals surface area contributed by atoms with Crippen LogP contribution in [0.3, 0.4) is 0 Å². The molecule has 136 valence electrons. The fourth-order valence-corrected chi connectivity index (χ4v) is 3.62. The minimum atomic E-state index is 0.226. The molecule has 1 aliphatic heterocycles. The summed E-state index contributed by atoms with van der Waals surface area (Å²) in [6.07, 6.45) is 3.36. The van der Waals surface area contributed by atoms with Crippen LogP contribution in [0, 0.1) is 0 Å². The maximum atomic E-state index is 9.11. The Kier molecular flexibility index (Phi) is 4.95. The van der Waals surface area contributed by atoms with Crippen molar-refractivity contribution in [3.8, 4) is 5.69 Å².